The van der Waals surface area contributed by atoms with Crippen molar-refractivity contribution in [2.45, 2.75) is 54.5 Å². The van der Waals surface area contributed by atoms with Crippen LogP contribution in [-0.2, 0) is 20.9 Å². The van der Waals surface area contributed by atoms with Gasteiger partial charge in [0.05, 0.1) is 35.3 Å². The Morgan fingerprint density at radius 3 is 2.57 bits per heavy atom. The molecular formula is C29H39N3O3. The van der Waals surface area contributed by atoms with Gasteiger partial charge in [-0.25, -0.2) is 4.99 Å². The van der Waals surface area contributed by atoms with Gasteiger partial charge in [-0.1, -0.05) is 59.8 Å². The van der Waals surface area contributed by atoms with Gasteiger partial charge < -0.3 is 14.5 Å². The number of benzene rings is 1. The summed E-state index contributed by atoms with van der Waals surface area (Å²) in [6.45, 7) is 13.4. The first kappa shape index (κ1) is 26.7. The third-order valence-electron chi connectivity index (χ3n) is 7.25. The summed E-state index contributed by atoms with van der Waals surface area (Å²) in [5, 5.41) is 0. The summed E-state index contributed by atoms with van der Waals surface area (Å²) in [5.74, 6) is 2.34. The van der Waals surface area contributed by atoms with Gasteiger partial charge in [-0.3, -0.25) is 9.59 Å². The Kier molecular flexibility index (Phi) is 8.19. The molecule has 0 aliphatic carbocycles. The Hall–Kier alpha value is -2.95. The third kappa shape index (κ3) is 4.41. The molecule has 2 fully saturated rings. The number of carbonyl (C=O) groups is 2. The number of ether oxygens (including phenoxy) is 1. The van der Waals surface area contributed by atoms with Crippen LogP contribution < -0.4 is 0 Å². The van der Waals surface area contributed by atoms with Crippen molar-refractivity contribution in [3.8, 4) is 0 Å². The topological polar surface area (TPSA) is 62.2 Å². The molecule has 188 valence electrons. The number of rotatable bonds is 3. The maximum atomic E-state index is 13.5. The van der Waals surface area contributed by atoms with E-state index in [1.165, 1.54) is 5.56 Å². The lowest BCUT2D eigenvalue weighted by molar-refractivity contribution is -0.172. The highest BCUT2D eigenvalue weighted by atomic mass is 16.5. The summed E-state index contributed by atoms with van der Waals surface area (Å²) in [4.78, 5) is 34.6. The molecule has 0 spiro atoms. The Balaban J connectivity index is 0.000000815. The van der Waals surface area contributed by atoms with Crippen LogP contribution in [0.3, 0.4) is 0 Å². The SMILES string of the molecule is CC.CC.CCC12C=C3C4=C=Nc5cccc(CN(C)C)c5C=C4CN3C(=O)C1COC(=O)C2C. The van der Waals surface area contributed by atoms with E-state index in [1.807, 2.05) is 72.7 Å². The highest BCUT2D eigenvalue weighted by Gasteiger charge is 2.57. The molecule has 4 aliphatic heterocycles. The molecule has 4 heterocycles. The van der Waals surface area contributed by atoms with Crippen LogP contribution in [-0.4, -0.2) is 54.8 Å². The van der Waals surface area contributed by atoms with E-state index >= 15 is 0 Å². The molecule has 0 aromatic heterocycles. The fourth-order valence-electron chi connectivity index (χ4n) is 5.45. The van der Waals surface area contributed by atoms with E-state index in [0.29, 0.717) is 13.0 Å². The normalized spacial score (nSPS) is 25.7. The average molecular weight is 478 g/mol. The number of esters is 1. The zero-order valence-electron chi connectivity index (χ0n) is 22.4. The number of cyclic esters (lactones) is 1. The first-order valence-electron chi connectivity index (χ1n) is 12.9. The maximum Gasteiger partial charge on any atom is 0.309 e. The van der Waals surface area contributed by atoms with Gasteiger partial charge in [0.25, 0.3) is 0 Å². The molecule has 0 saturated carbocycles. The predicted octanol–water partition coefficient (Wildman–Crippen LogP) is 5.37. The molecule has 35 heavy (non-hydrogen) atoms. The second kappa shape index (κ2) is 10.8. The van der Waals surface area contributed by atoms with E-state index in [2.05, 4.69) is 34.0 Å². The van der Waals surface area contributed by atoms with Crippen LogP contribution in [0.2, 0.25) is 0 Å². The quantitative estimate of drug-likeness (QED) is 0.549. The predicted molar refractivity (Wildman–Crippen MR) is 141 cm³/mol. The Morgan fingerprint density at radius 1 is 1.20 bits per heavy atom. The monoisotopic (exact) mass is 477 g/mol. The van der Waals surface area contributed by atoms with Crippen molar-refractivity contribution >= 4 is 29.5 Å². The van der Waals surface area contributed by atoms with Crippen molar-refractivity contribution in [2.24, 2.45) is 22.2 Å². The number of aliphatic imine (C=N–C) groups is 1. The second-order valence-corrected chi connectivity index (χ2v) is 9.18. The van der Waals surface area contributed by atoms with E-state index in [1.54, 1.807) is 0 Å². The summed E-state index contributed by atoms with van der Waals surface area (Å²) in [7, 11) is 4.10. The molecule has 4 aliphatic rings. The number of nitrogens with zero attached hydrogens (tertiary/aromatic N) is 3. The first-order chi connectivity index (χ1) is 16.9. The summed E-state index contributed by atoms with van der Waals surface area (Å²) in [6, 6.07) is 6.14. The molecule has 0 bridgehead atoms. The molecule has 1 aromatic carbocycles. The minimum absolute atomic E-state index is 0.0313. The Bertz CT molecular complexity index is 1120. The van der Waals surface area contributed by atoms with Gasteiger partial charge >= 0.3 is 5.97 Å². The number of amides is 1. The Morgan fingerprint density at radius 2 is 1.91 bits per heavy atom. The van der Waals surface area contributed by atoms with Crippen molar-refractivity contribution < 1.29 is 14.3 Å². The van der Waals surface area contributed by atoms with E-state index in [-0.39, 0.29) is 30.3 Å². The smallest absolute Gasteiger partial charge is 0.309 e. The van der Waals surface area contributed by atoms with Crippen molar-refractivity contribution in [1.29, 1.82) is 0 Å². The van der Waals surface area contributed by atoms with Crippen molar-refractivity contribution in [3.05, 3.63) is 52.2 Å². The van der Waals surface area contributed by atoms with Crippen LogP contribution in [0.4, 0.5) is 5.69 Å². The minimum atomic E-state index is -0.530. The Labute approximate surface area is 210 Å². The number of carbonyl (C=O) groups excluding carboxylic acids is 2. The average Bonchev–Trinajstić information content (AvgIpc) is 3.09. The molecule has 5 rings (SSSR count). The fourth-order valence-corrected chi connectivity index (χ4v) is 5.45. The van der Waals surface area contributed by atoms with Crippen molar-refractivity contribution in [1.82, 2.24) is 9.80 Å². The van der Waals surface area contributed by atoms with Gasteiger partial charge in [0, 0.05) is 17.5 Å². The van der Waals surface area contributed by atoms with Gasteiger partial charge in [-0.05, 0) is 49.7 Å². The summed E-state index contributed by atoms with van der Waals surface area (Å²) < 4.78 is 5.37. The van der Waals surface area contributed by atoms with Gasteiger partial charge in [0.15, 0.2) is 0 Å². The molecule has 2 saturated heterocycles. The standard InChI is InChI=1S/C25H27N3O3.2C2H6/c1-5-25-10-22-19-11-26-21-8-6-7-16(12-27(3)4)18(21)9-17(19)13-28(22)23(29)20(25)14-31-24(30)15(25)2;2*1-2/h6-10,15,20H,5,12-14H2,1-4H3;2*1-2H3. The molecule has 3 unspecified atom stereocenters. The molecule has 3 atom stereocenters. The second-order valence-electron chi connectivity index (χ2n) is 9.18. The van der Waals surface area contributed by atoms with E-state index in [9.17, 15) is 9.59 Å². The lowest BCUT2D eigenvalue weighted by Gasteiger charge is -2.48. The third-order valence-corrected chi connectivity index (χ3v) is 7.25. The van der Waals surface area contributed by atoms with E-state index in [4.69, 9.17) is 4.74 Å². The molecule has 6 heteroatoms. The van der Waals surface area contributed by atoms with Crippen molar-refractivity contribution in [2.75, 3.05) is 27.2 Å². The number of hydrogen-bond donors (Lipinski definition) is 0. The van der Waals surface area contributed by atoms with Crippen LogP contribution in [0.25, 0.3) is 6.08 Å². The first-order valence-corrected chi connectivity index (χ1v) is 12.9. The van der Waals surface area contributed by atoms with Gasteiger partial charge in [-0.15, -0.1) is 0 Å². The summed E-state index contributed by atoms with van der Waals surface area (Å²) in [6.07, 6.45) is 5.00. The number of allylic oxidation sites excluding steroid dienone is 2. The zero-order chi connectivity index (χ0) is 25.9. The molecule has 1 aromatic rings. The molecule has 1 amide bonds. The zero-order valence-corrected chi connectivity index (χ0v) is 22.4. The minimum Gasteiger partial charge on any atom is -0.465 e. The van der Waals surface area contributed by atoms with Crippen LogP contribution in [0.15, 0.2) is 46.1 Å². The van der Waals surface area contributed by atoms with Gasteiger partial charge in [0.2, 0.25) is 5.91 Å². The largest absolute Gasteiger partial charge is 0.465 e. The summed E-state index contributed by atoms with van der Waals surface area (Å²) in [5.41, 5.74) is 5.37. The number of hydrogen-bond acceptors (Lipinski definition) is 5. The van der Waals surface area contributed by atoms with Gasteiger partial charge in [0.1, 0.15) is 6.61 Å². The highest BCUT2D eigenvalue weighted by molar-refractivity contribution is 5.95. The van der Waals surface area contributed by atoms with Crippen molar-refractivity contribution in [3.63, 3.8) is 0 Å². The molecular weight excluding hydrogens is 438 g/mol. The van der Waals surface area contributed by atoms with Crippen LogP contribution >= 0.6 is 0 Å². The molecule has 0 radical (unpaired) electrons. The fraction of sp³-hybridized carbons (Fsp3) is 0.517. The van der Waals surface area contributed by atoms with Crippen LogP contribution in [0, 0.1) is 17.3 Å². The number of fused-ring (bicyclic) bond motifs is 5. The summed E-state index contributed by atoms with van der Waals surface area (Å²) >= 11 is 0. The molecule has 6 nitrogen and oxygen atoms in total. The lowest BCUT2D eigenvalue weighted by Crippen LogP contribution is -2.56. The van der Waals surface area contributed by atoms with Crippen LogP contribution in [0.5, 0.6) is 0 Å². The van der Waals surface area contributed by atoms with E-state index < -0.39 is 5.41 Å². The molecule has 0 N–H and O–H groups in total. The van der Waals surface area contributed by atoms with E-state index in [0.717, 1.165) is 34.6 Å². The van der Waals surface area contributed by atoms with Crippen LogP contribution in [0.1, 0.15) is 59.1 Å². The highest BCUT2D eigenvalue weighted by Crippen LogP contribution is 2.52. The maximum absolute atomic E-state index is 13.5. The van der Waals surface area contributed by atoms with Gasteiger partial charge in [-0.2, -0.15) is 0 Å². The lowest BCUT2D eigenvalue weighted by atomic mass is 9.62.